The number of H-pyrrole nitrogens is 1. The molecule has 5 heteroatoms. The lowest BCUT2D eigenvalue weighted by Crippen LogP contribution is -2.05. The summed E-state index contributed by atoms with van der Waals surface area (Å²) in [5.74, 6) is -0.244. The van der Waals surface area contributed by atoms with Crippen LogP contribution in [-0.2, 0) is 6.54 Å². The Bertz CT molecular complexity index is 785. The maximum atomic E-state index is 14.2. The maximum absolute atomic E-state index is 14.2. The summed E-state index contributed by atoms with van der Waals surface area (Å²) in [6.07, 6.45) is 0. The summed E-state index contributed by atoms with van der Waals surface area (Å²) in [6.45, 7) is 0.721. The molecule has 0 aliphatic carbocycles. The number of hydrogen-bond acceptors (Lipinski definition) is 3. The molecule has 3 N–H and O–H groups in total. The van der Waals surface area contributed by atoms with E-state index in [1.54, 1.807) is 18.2 Å². The zero-order valence-corrected chi connectivity index (χ0v) is 12.3. The van der Waals surface area contributed by atoms with Crippen molar-refractivity contribution in [3.05, 3.63) is 54.0 Å². The van der Waals surface area contributed by atoms with E-state index in [1.807, 2.05) is 31.3 Å². The monoisotopic (exact) mass is 302 g/mol. The quantitative estimate of drug-likeness (QED) is 0.685. The summed E-state index contributed by atoms with van der Waals surface area (Å²) in [5.41, 5.74) is 1.79. The first kappa shape index (κ1) is 14.0. The van der Waals surface area contributed by atoms with E-state index in [-0.39, 0.29) is 11.7 Å². The highest BCUT2D eigenvalue weighted by molar-refractivity contribution is 7.99. The van der Waals surface area contributed by atoms with Gasteiger partial charge >= 0.3 is 0 Å². The van der Waals surface area contributed by atoms with E-state index in [9.17, 15) is 9.50 Å². The van der Waals surface area contributed by atoms with Crippen LogP contribution in [0.5, 0.6) is 5.75 Å². The number of fused-ring (bicyclic) bond motifs is 1. The number of phenolic OH excluding ortho intramolecular Hbond substituents is 1. The van der Waals surface area contributed by atoms with Crippen LogP contribution in [0.3, 0.4) is 0 Å². The van der Waals surface area contributed by atoms with Crippen molar-refractivity contribution in [3.8, 4) is 5.75 Å². The molecule has 21 heavy (non-hydrogen) atoms. The highest BCUT2D eigenvalue weighted by Gasteiger charge is 2.14. The molecule has 0 aliphatic heterocycles. The third-order valence-corrected chi connectivity index (χ3v) is 4.46. The summed E-state index contributed by atoms with van der Waals surface area (Å²) in [4.78, 5) is 4.21. The van der Waals surface area contributed by atoms with Gasteiger partial charge in [0.25, 0.3) is 0 Å². The van der Waals surface area contributed by atoms with Gasteiger partial charge in [0.05, 0.1) is 4.90 Å². The molecule has 1 aromatic heterocycles. The second-order valence-electron chi connectivity index (χ2n) is 4.74. The number of aromatic nitrogens is 1. The topological polar surface area (TPSA) is 48.0 Å². The fourth-order valence-electron chi connectivity index (χ4n) is 2.27. The van der Waals surface area contributed by atoms with Crippen LogP contribution >= 0.6 is 11.8 Å². The van der Waals surface area contributed by atoms with Gasteiger partial charge in [-0.15, -0.1) is 0 Å². The van der Waals surface area contributed by atoms with E-state index in [0.717, 1.165) is 17.0 Å². The standard InChI is InChI=1S/C16H15FN2OS/c1-18-9-10-4-2-3-5-14(10)21-15-12-8-11(20)6-7-13(12)19-16(15)17/h2-8,18-20H,9H2,1H3. The van der Waals surface area contributed by atoms with Crippen molar-refractivity contribution in [1.82, 2.24) is 10.3 Å². The molecule has 3 aromatic rings. The van der Waals surface area contributed by atoms with Gasteiger partial charge in [-0.2, -0.15) is 4.39 Å². The highest BCUT2D eigenvalue weighted by atomic mass is 32.2. The van der Waals surface area contributed by atoms with Gasteiger partial charge in [-0.25, -0.2) is 0 Å². The number of hydrogen-bond donors (Lipinski definition) is 3. The summed E-state index contributed by atoms with van der Waals surface area (Å²) in [6, 6.07) is 12.7. The number of aromatic hydroxyl groups is 1. The molecule has 0 saturated heterocycles. The predicted molar refractivity (Wildman–Crippen MR) is 83.3 cm³/mol. The lowest BCUT2D eigenvalue weighted by Gasteiger charge is -2.08. The third kappa shape index (κ3) is 2.75. The third-order valence-electron chi connectivity index (χ3n) is 3.24. The molecule has 0 spiro atoms. The van der Waals surface area contributed by atoms with Crippen LogP contribution in [0.2, 0.25) is 0 Å². The smallest absolute Gasteiger partial charge is 0.206 e. The molecule has 0 aliphatic rings. The number of benzene rings is 2. The van der Waals surface area contributed by atoms with Crippen molar-refractivity contribution in [2.45, 2.75) is 16.3 Å². The lowest BCUT2D eigenvalue weighted by atomic mass is 10.2. The number of rotatable bonds is 4. The zero-order chi connectivity index (χ0) is 14.8. The van der Waals surface area contributed by atoms with Gasteiger partial charge in [-0.3, -0.25) is 0 Å². The number of aromatic amines is 1. The second-order valence-corrected chi connectivity index (χ2v) is 5.79. The molecule has 0 atom stereocenters. The van der Waals surface area contributed by atoms with Gasteiger partial charge in [0, 0.05) is 22.3 Å². The molecule has 3 nitrogen and oxygen atoms in total. The predicted octanol–water partition coefficient (Wildman–Crippen LogP) is 3.88. The second kappa shape index (κ2) is 5.79. The molecule has 0 amide bonds. The molecule has 2 aromatic carbocycles. The van der Waals surface area contributed by atoms with E-state index in [1.165, 1.54) is 11.8 Å². The Kier molecular flexibility index (Phi) is 3.86. The van der Waals surface area contributed by atoms with Gasteiger partial charge in [0.15, 0.2) is 0 Å². The fraction of sp³-hybridized carbons (Fsp3) is 0.125. The number of nitrogens with one attached hydrogen (secondary N) is 2. The van der Waals surface area contributed by atoms with Gasteiger partial charge in [-0.1, -0.05) is 30.0 Å². The first-order valence-electron chi connectivity index (χ1n) is 6.59. The Labute approximate surface area is 126 Å². The molecule has 0 saturated carbocycles. The molecule has 3 rings (SSSR count). The Morgan fingerprint density at radius 2 is 2.05 bits per heavy atom. The van der Waals surface area contributed by atoms with E-state index in [0.29, 0.717) is 15.8 Å². The Morgan fingerprint density at radius 3 is 2.86 bits per heavy atom. The van der Waals surface area contributed by atoms with Crippen LogP contribution in [0, 0.1) is 5.95 Å². The van der Waals surface area contributed by atoms with E-state index in [2.05, 4.69) is 10.3 Å². The van der Waals surface area contributed by atoms with Gasteiger partial charge in [-0.05, 0) is 36.9 Å². The van der Waals surface area contributed by atoms with Crippen LogP contribution in [-0.4, -0.2) is 17.1 Å². The van der Waals surface area contributed by atoms with Crippen LogP contribution in [0.1, 0.15) is 5.56 Å². The maximum Gasteiger partial charge on any atom is 0.206 e. The highest BCUT2D eigenvalue weighted by Crippen LogP contribution is 2.38. The molecule has 0 fully saturated rings. The molecule has 108 valence electrons. The van der Waals surface area contributed by atoms with Gasteiger partial charge in [0.2, 0.25) is 5.95 Å². The van der Waals surface area contributed by atoms with Crippen molar-refractivity contribution in [2.75, 3.05) is 7.05 Å². The van der Waals surface area contributed by atoms with Crippen LogP contribution < -0.4 is 5.32 Å². The van der Waals surface area contributed by atoms with Gasteiger partial charge < -0.3 is 15.4 Å². The van der Waals surface area contributed by atoms with E-state index >= 15 is 0 Å². The fourth-order valence-corrected chi connectivity index (χ4v) is 3.33. The Balaban J connectivity index is 2.06. The van der Waals surface area contributed by atoms with Crippen molar-refractivity contribution in [3.63, 3.8) is 0 Å². The Hall–Kier alpha value is -1.98. The Morgan fingerprint density at radius 1 is 1.24 bits per heavy atom. The average molecular weight is 302 g/mol. The minimum absolute atomic E-state index is 0.131. The summed E-state index contributed by atoms with van der Waals surface area (Å²) in [7, 11) is 1.88. The zero-order valence-electron chi connectivity index (χ0n) is 11.5. The summed E-state index contributed by atoms with van der Waals surface area (Å²) < 4.78 is 14.2. The van der Waals surface area contributed by atoms with Crippen molar-refractivity contribution < 1.29 is 9.50 Å². The van der Waals surface area contributed by atoms with Crippen LogP contribution in [0.15, 0.2) is 52.3 Å². The molecular formula is C16H15FN2OS. The van der Waals surface area contributed by atoms with Gasteiger partial charge in [0.1, 0.15) is 5.75 Å². The minimum atomic E-state index is -0.375. The molecule has 0 radical (unpaired) electrons. The summed E-state index contributed by atoms with van der Waals surface area (Å²) >= 11 is 1.37. The molecular weight excluding hydrogens is 287 g/mol. The molecule has 0 bridgehead atoms. The molecule has 1 heterocycles. The first-order valence-corrected chi connectivity index (χ1v) is 7.41. The van der Waals surface area contributed by atoms with Crippen molar-refractivity contribution in [1.29, 1.82) is 0 Å². The molecule has 0 unspecified atom stereocenters. The SMILES string of the molecule is CNCc1ccccc1Sc1c(F)[nH]c2ccc(O)cc12. The first-order chi connectivity index (χ1) is 10.2. The largest absolute Gasteiger partial charge is 0.508 e. The lowest BCUT2D eigenvalue weighted by molar-refractivity contribution is 0.476. The average Bonchev–Trinajstić information content (AvgIpc) is 2.77. The van der Waals surface area contributed by atoms with Crippen molar-refractivity contribution in [2.24, 2.45) is 0 Å². The van der Waals surface area contributed by atoms with Crippen LogP contribution in [0.25, 0.3) is 10.9 Å². The minimum Gasteiger partial charge on any atom is -0.508 e. The normalized spacial score (nSPS) is 11.1. The number of phenols is 1. The number of halogens is 1. The summed E-state index contributed by atoms with van der Waals surface area (Å²) in [5, 5.41) is 13.4. The van der Waals surface area contributed by atoms with E-state index in [4.69, 9.17) is 0 Å². The van der Waals surface area contributed by atoms with E-state index < -0.39 is 0 Å². The van der Waals surface area contributed by atoms with Crippen molar-refractivity contribution >= 4 is 22.7 Å². The van der Waals surface area contributed by atoms with Crippen LogP contribution in [0.4, 0.5) is 4.39 Å².